The minimum absolute atomic E-state index is 0.0392. The second kappa shape index (κ2) is 9.25. The summed E-state index contributed by atoms with van der Waals surface area (Å²) in [5.74, 6) is -1.01. The van der Waals surface area contributed by atoms with Crippen molar-refractivity contribution in [3.63, 3.8) is 0 Å². The Hall–Kier alpha value is -2.35. The van der Waals surface area contributed by atoms with E-state index in [4.69, 9.17) is 11.6 Å². The number of sulfonamides is 1. The van der Waals surface area contributed by atoms with Crippen molar-refractivity contribution in [3.05, 3.63) is 80.4 Å². The molecule has 4 aromatic rings. The predicted octanol–water partition coefficient (Wildman–Crippen LogP) is 4.82. The maximum absolute atomic E-state index is 13.2. The lowest BCUT2D eigenvalue weighted by Crippen LogP contribution is -2.25. The first kappa shape index (κ1) is 22.8. The molecule has 0 saturated heterocycles. The van der Waals surface area contributed by atoms with Crippen LogP contribution in [0.15, 0.2) is 59.9 Å². The average Bonchev–Trinajstić information content (AvgIpc) is 3.21. The molecule has 0 fully saturated rings. The highest BCUT2D eigenvalue weighted by atomic mass is 127. The molecule has 2 N–H and O–H groups in total. The van der Waals surface area contributed by atoms with Crippen LogP contribution in [0.25, 0.3) is 10.1 Å². The number of aromatic nitrogens is 2. The first-order chi connectivity index (χ1) is 15.2. The van der Waals surface area contributed by atoms with Gasteiger partial charge in [-0.25, -0.2) is 9.37 Å². The number of halogens is 3. The monoisotopic (exact) mass is 602 g/mol. The molecule has 0 radical (unpaired) electrons. The summed E-state index contributed by atoms with van der Waals surface area (Å²) in [7, 11) is -4.10. The van der Waals surface area contributed by atoms with Crippen LogP contribution >= 0.6 is 45.7 Å². The smallest absolute Gasteiger partial charge is 0.280 e. The third kappa shape index (κ3) is 4.85. The van der Waals surface area contributed by atoms with E-state index in [-0.39, 0.29) is 27.8 Å². The van der Waals surface area contributed by atoms with Gasteiger partial charge in [-0.05, 0) is 76.1 Å². The van der Waals surface area contributed by atoms with Gasteiger partial charge in [0.25, 0.3) is 15.9 Å². The quantitative estimate of drug-likeness (QED) is 0.308. The van der Waals surface area contributed by atoms with Crippen LogP contribution in [0.5, 0.6) is 0 Å². The van der Waals surface area contributed by atoms with E-state index in [1.807, 2.05) is 22.6 Å². The fraction of sp³-hybridized carbons (Fsp3) is 0.0500. The molecule has 0 aliphatic carbocycles. The zero-order valence-electron chi connectivity index (χ0n) is 16.0. The van der Waals surface area contributed by atoms with E-state index >= 15 is 0 Å². The molecule has 0 aliphatic heterocycles. The van der Waals surface area contributed by atoms with Crippen LogP contribution < -0.4 is 10.0 Å². The van der Waals surface area contributed by atoms with Crippen LogP contribution in [0, 0.1) is 9.39 Å². The van der Waals surface area contributed by atoms with Crippen LogP contribution in [0.1, 0.15) is 15.9 Å². The minimum Gasteiger partial charge on any atom is -0.348 e. The van der Waals surface area contributed by atoms with Crippen molar-refractivity contribution < 1.29 is 17.6 Å². The summed E-state index contributed by atoms with van der Waals surface area (Å²) in [6, 6.07) is 10.3. The van der Waals surface area contributed by atoms with Crippen molar-refractivity contribution >= 4 is 77.4 Å². The molecule has 0 spiro atoms. The summed E-state index contributed by atoms with van der Waals surface area (Å²) in [6.07, 6.45) is 2.83. The Balaban J connectivity index is 1.62. The van der Waals surface area contributed by atoms with Gasteiger partial charge in [0, 0.05) is 21.3 Å². The fourth-order valence-corrected chi connectivity index (χ4v) is 5.55. The van der Waals surface area contributed by atoms with E-state index in [2.05, 4.69) is 19.4 Å². The number of pyridine rings is 1. The molecule has 2 aromatic carbocycles. The number of rotatable bonds is 6. The van der Waals surface area contributed by atoms with Crippen molar-refractivity contribution in [3.8, 4) is 0 Å². The topological polar surface area (TPSA) is 101 Å². The van der Waals surface area contributed by atoms with Gasteiger partial charge in [0.2, 0.25) is 0 Å². The Labute approximate surface area is 205 Å². The molecule has 32 heavy (non-hydrogen) atoms. The van der Waals surface area contributed by atoms with E-state index in [0.29, 0.717) is 15.6 Å². The predicted molar refractivity (Wildman–Crippen MR) is 130 cm³/mol. The SMILES string of the molecule is O=C(NCc1ccc(F)cc1Cl)c1ccc(I)cc1NS(=O)(=O)c1nccc2sncc12. The second-order valence-corrected chi connectivity index (χ2v) is 10.7. The lowest BCUT2D eigenvalue weighted by atomic mass is 10.1. The number of hydrogen-bond acceptors (Lipinski definition) is 6. The zero-order valence-corrected chi connectivity index (χ0v) is 20.5. The lowest BCUT2D eigenvalue weighted by molar-refractivity contribution is 0.0952. The van der Waals surface area contributed by atoms with Crippen LogP contribution in [-0.4, -0.2) is 23.7 Å². The molecule has 2 aromatic heterocycles. The van der Waals surface area contributed by atoms with Crippen LogP contribution in [-0.2, 0) is 16.6 Å². The number of nitrogens with zero attached hydrogens (tertiary/aromatic N) is 2. The summed E-state index contributed by atoms with van der Waals surface area (Å²) >= 11 is 9.19. The van der Waals surface area contributed by atoms with Crippen molar-refractivity contribution in [2.75, 3.05) is 4.72 Å². The molecule has 12 heteroatoms. The maximum atomic E-state index is 13.2. The second-order valence-electron chi connectivity index (χ2n) is 6.57. The maximum Gasteiger partial charge on any atom is 0.280 e. The Morgan fingerprint density at radius 3 is 2.78 bits per heavy atom. The van der Waals surface area contributed by atoms with Gasteiger partial charge in [0.05, 0.1) is 27.5 Å². The van der Waals surface area contributed by atoms with Crippen molar-refractivity contribution in [1.29, 1.82) is 0 Å². The molecular weight excluding hydrogens is 590 g/mol. The van der Waals surface area contributed by atoms with Gasteiger partial charge in [-0.3, -0.25) is 9.52 Å². The zero-order chi connectivity index (χ0) is 22.9. The molecule has 0 bridgehead atoms. The Kier molecular flexibility index (Phi) is 6.60. The van der Waals surface area contributed by atoms with Gasteiger partial charge in [-0.2, -0.15) is 12.8 Å². The van der Waals surface area contributed by atoms with E-state index < -0.39 is 21.7 Å². The molecule has 0 unspecified atom stereocenters. The third-order valence-electron chi connectivity index (χ3n) is 4.43. The number of fused-ring (bicyclic) bond motifs is 1. The van der Waals surface area contributed by atoms with Crippen LogP contribution in [0.2, 0.25) is 5.02 Å². The van der Waals surface area contributed by atoms with Gasteiger partial charge < -0.3 is 5.32 Å². The molecule has 0 saturated carbocycles. The van der Waals surface area contributed by atoms with Crippen LogP contribution in [0.4, 0.5) is 10.1 Å². The summed E-state index contributed by atoms with van der Waals surface area (Å²) in [4.78, 5) is 16.8. The standard InChI is InChI=1S/C20H13ClFIN4O3S2/c21-16-7-12(22)2-1-11(16)9-25-19(28)14-4-3-13(23)8-17(14)27-32(29,30)20-15-10-26-31-18(15)5-6-24-20/h1-8,10,27H,9H2,(H,25,28). The number of carbonyl (C=O) groups is 1. The number of amides is 1. The van der Waals surface area contributed by atoms with E-state index in [1.54, 1.807) is 18.2 Å². The van der Waals surface area contributed by atoms with Crippen molar-refractivity contribution in [1.82, 2.24) is 14.7 Å². The summed E-state index contributed by atoms with van der Waals surface area (Å²) in [5, 5.41) is 3.08. The molecule has 164 valence electrons. The fourth-order valence-electron chi connectivity index (χ4n) is 2.91. The highest BCUT2D eigenvalue weighted by Crippen LogP contribution is 2.27. The highest BCUT2D eigenvalue weighted by molar-refractivity contribution is 14.1. The Morgan fingerprint density at radius 1 is 1.19 bits per heavy atom. The highest BCUT2D eigenvalue weighted by Gasteiger charge is 2.23. The first-order valence-electron chi connectivity index (χ1n) is 8.98. The Morgan fingerprint density at radius 2 is 2.00 bits per heavy atom. The Bertz CT molecular complexity index is 1450. The van der Waals surface area contributed by atoms with Gasteiger partial charge >= 0.3 is 0 Å². The van der Waals surface area contributed by atoms with E-state index in [1.165, 1.54) is 30.6 Å². The van der Waals surface area contributed by atoms with Gasteiger partial charge in [-0.1, -0.05) is 17.7 Å². The lowest BCUT2D eigenvalue weighted by Gasteiger charge is -2.14. The number of hydrogen-bond donors (Lipinski definition) is 2. The molecule has 0 atom stereocenters. The van der Waals surface area contributed by atoms with Gasteiger partial charge in [0.1, 0.15) is 5.82 Å². The van der Waals surface area contributed by atoms with Gasteiger partial charge in [-0.15, -0.1) is 0 Å². The average molecular weight is 603 g/mol. The number of anilines is 1. The molecule has 2 heterocycles. The summed E-state index contributed by atoms with van der Waals surface area (Å²) in [5.41, 5.74) is 0.735. The van der Waals surface area contributed by atoms with E-state index in [9.17, 15) is 17.6 Å². The normalized spacial score (nSPS) is 11.5. The number of carbonyl (C=O) groups excluding carboxylic acids is 1. The van der Waals surface area contributed by atoms with Crippen molar-refractivity contribution in [2.45, 2.75) is 11.6 Å². The van der Waals surface area contributed by atoms with E-state index in [0.717, 1.165) is 21.2 Å². The largest absolute Gasteiger partial charge is 0.348 e. The molecule has 0 aliphatic rings. The van der Waals surface area contributed by atoms with Crippen molar-refractivity contribution in [2.24, 2.45) is 0 Å². The minimum atomic E-state index is -4.10. The molecular formula is C20H13ClFIN4O3S2. The van der Waals surface area contributed by atoms with Gasteiger partial charge in [0.15, 0.2) is 5.03 Å². The summed E-state index contributed by atoms with van der Waals surface area (Å²) < 4.78 is 47.3. The summed E-state index contributed by atoms with van der Waals surface area (Å²) in [6.45, 7) is 0.0392. The number of benzene rings is 2. The first-order valence-corrected chi connectivity index (χ1v) is 12.7. The number of nitrogens with one attached hydrogen (secondary N) is 2. The molecule has 7 nitrogen and oxygen atoms in total. The third-order valence-corrected chi connectivity index (χ3v) is 7.54. The van der Waals surface area contributed by atoms with Crippen LogP contribution in [0.3, 0.4) is 0 Å². The molecule has 4 rings (SSSR count). The molecule has 1 amide bonds.